The van der Waals surface area contributed by atoms with E-state index in [-0.39, 0.29) is 0 Å². The third kappa shape index (κ3) is 12.2. The zero-order chi connectivity index (χ0) is 12.9. The quantitative estimate of drug-likeness (QED) is 0.526. The van der Waals surface area contributed by atoms with Gasteiger partial charge in [0.25, 0.3) is 0 Å². The molecule has 0 fully saturated rings. The van der Waals surface area contributed by atoms with E-state index in [0.717, 1.165) is 32.1 Å². The van der Waals surface area contributed by atoms with E-state index in [4.69, 9.17) is 4.74 Å². The number of nitrogens with one attached hydrogen (secondary N) is 1. The van der Waals surface area contributed by atoms with Crippen LogP contribution in [0.5, 0.6) is 0 Å². The summed E-state index contributed by atoms with van der Waals surface area (Å²) < 4.78 is 5.55. The predicted octanol–water partition coefficient (Wildman–Crippen LogP) is 3.86. The molecule has 17 heavy (non-hydrogen) atoms. The summed E-state index contributed by atoms with van der Waals surface area (Å²) in [5, 5.41) is 3.55. The van der Waals surface area contributed by atoms with Gasteiger partial charge in [0.05, 0.1) is 0 Å². The van der Waals surface area contributed by atoms with Gasteiger partial charge in [-0.05, 0) is 37.8 Å². The van der Waals surface area contributed by atoms with Gasteiger partial charge in [-0.3, -0.25) is 0 Å². The fourth-order valence-electron chi connectivity index (χ4n) is 1.87. The molecule has 0 aromatic heterocycles. The Labute approximate surface area is 109 Å². The number of hydrogen-bond acceptors (Lipinski definition) is 2. The molecular formula is C15H33NO. The maximum atomic E-state index is 5.55. The second-order valence-corrected chi connectivity index (χ2v) is 5.44. The van der Waals surface area contributed by atoms with E-state index in [0.29, 0.717) is 5.92 Å². The molecule has 104 valence electrons. The molecule has 1 unspecified atom stereocenters. The molecule has 0 aliphatic carbocycles. The lowest BCUT2D eigenvalue weighted by atomic mass is 9.99. The van der Waals surface area contributed by atoms with Crippen molar-refractivity contribution in [2.45, 2.75) is 59.8 Å². The van der Waals surface area contributed by atoms with Crippen LogP contribution in [-0.2, 0) is 4.74 Å². The van der Waals surface area contributed by atoms with E-state index in [1.54, 1.807) is 0 Å². The molecule has 0 saturated carbocycles. The molecule has 0 aliphatic heterocycles. The number of rotatable bonds is 12. The SMILES string of the molecule is CCCCC(CC)CNCCCOCC(C)C. The van der Waals surface area contributed by atoms with Crippen molar-refractivity contribution < 1.29 is 4.74 Å². The highest BCUT2D eigenvalue weighted by Gasteiger charge is 2.04. The third-order valence-electron chi connectivity index (χ3n) is 3.07. The van der Waals surface area contributed by atoms with Gasteiger partial charge in [-0.15, -0.1) is 0 Å². The molecule has 0 bridgehead atoms. The summed E-state index contributed by atoms with van der Waals surface area (Å²) in [4.78, 5) is 0. The number of hydrogen-bond donors (Lipinski definition) is 1. The molecule has 0 heterocycles. The monoisotopic (exact) mass is 243 g/mol. The van der Waals surface area contributed by atoms with E-state index in [1.807, 2.05) is 0 Å². The minimum absolute atomic E-state index is 0.654. The van der Waals surface area contributed by atoms with Crippen LogP contribution < -0.4 is 5.32 Å². The summed E-state index contributed by atoms with van der Waals surface area (Å²) in [6.45, 7) is 13.0. The fraction of sp³-hybridized carbons (Fsp3) is 1.00. The van der Waals surface area contributed by atoms with Crippen molar-refractivity contribution in [3.8, 4) is 0 Å². The van der Waals surface area contributed by atoms with Gasteiger partial charge >= 0.3 is 0 Å². The first kappa shape index (κ1) is 16.9. The maximum absolute atomic E-state index is 5.55. The van der Waals surface area contributed by atoms with Crippen molar-refractivity contribution in [3.63, 3.8) is 0 Å². The highest BCUT2D eigenvalue weighted by atomic mass is 16.5. The van der Waals surface area contributed by atoms with Crippen molar-refractivity contribution in [2.75, 3.05) is 26.3 Å². The molecule has 0 aromatic rings. The van der Waals surface area contributed by atoms with Crippen LogP contribution in [-0.4, -0.2) is 26.3 Å². The molecule has 0 aromatic carbocycles. The highest BCUT2D eigenvalue weighted by Crippen LogP contribution is 2.10. The molecule has 0 amide bonds. The van der Waals surface area contributed by atoms with Gasteiger partial charge in [-0.2, -0.15) is 0 Å². The van der Waals surface area contributed by atoms with Gasteiger partial charge in [-0.1, -0.05) is 47.0 Å². The Balaban J connectivity index is 3.24. The summed E-state index contributed by atoms with van der Waals surface area (Å²) in [7, 11) is 0. The lowest BCUT2D eigenvalue weighted by Gasteiger charge is -2.15. The first-order chi connectivity index (χ1) is 8.20. The summed E-state index contributed by atoms with van der Waals surface area (Å²) in [5.41, 5.74) is 0. The normalized spacial score (nSPS) is 13.2. The Morgan fingerprint density at radius 3 is 2.47 bits per heavy atom. The average Bonchev–Trinajstić information content (AvgIpc) is 2.31. The standard InChI is InChI=1S/C15H33NO/c1-5-7-9-15(6-2)12-16-10-8-11-17-13-14(3)4/h14-16H,5-13H2,1-4H3. The van der Waals surface area contributed by atoms with Crippen molar-refractivity contribution in [1.29, 1.82) is 0 Å². The molecule has 0 saturated heterocycles. The van der Waals surface area contributed by atoms with E-state index in [2.05, 4.69) is 33.0 Å². The highest BCUT2D eigenvalue weighted by molar-refractivity contribution is 4.60. The second kappa shape index (κ2) is 12.4. The van der Waals surface area contributed by atoms with E-state index in [9.17, 15) is 0 Å². The maximum Gasteiger partial charge on any atom is 0.0489 e. The molecule has 0 radical (unpaired) electrons. The second-order valence-electron chi connectivity index (χ2n) is 5.44. The Morgan fingerprint density at radius 2 is 1.88 bits per heavy atom. The van der Waals surface area contributed by atoms with Crippen molar-refractivity contribution in [2.24, 2.45) is 11.8 Å². The average molecular weight is 243 g/mol. The molecule has 2 nitrogen and oxygen atoms in total. The largest absolute Gasteiger partial charge is 0.381 e. The molecule has 0 spiro atoms. The molecule has 2 heteroatoms. The number of unbranched alkanes of at least 4 members (excludes halogenated alkanes) is 1. The summed E-state index contributed by atoms with van der Waals surface area (Å²) >= 11 is 0. The Bertz CT molecular complexity index is 148. The summed E-state index contributed by atoms with van der Waals surface area (Å²) in [6, 6.07) is 0. The van der Waals surface area contributed by atoms with Crippen molar-refractivity contribution in [1.82, 2.24) is 5.32 Å². The van der Waals surface area contributed by atoms with E-state index < -0.39 is 0 Å². The summed E-state index contributed by atoms with van der Waals surface area (Å²) in [5.74, 6) is 1.52. The predicted molar refractivity (Wildman–Crippen MR) is 76.4 cm³/mol. The minimum Gasteiger partial charge on any atom is -0.381 e. The topological polar surface area (TPSA) is 21.3 Å². The Morgan fingerprint density at radius 1 is 1.12 bits per heavy atom. The molecule has 1 atom stereocenters. The zero-order valence-corrected chi connectivity index (χ0v) is 12.4. The van der Waals surface area contributed by atoms with Crippen LogP contribution in [0.15, 0.2) is 0 Å². The minimum atomic E-state index is 0.654. The van der Waals surface area contributed by atoms with Crippen LogP contribution in [0.25, 0.3) is 0 Å². The Hall–Kier alpha value is -0.0800. The zero-order valence-electron chi connectivity index (χ0n) is 12.4. The van der Waals surface area contributed by atoms with Crippen LogP contribution in [0.4, 0.5) is 0 Å². The van der Waals surface area contributed by atoms with Crippen LogP contribution in [0.1, 0.15) is 59.8 Å². The van der Waals surface area contributed by atoms with Crippen molar-refractivity contribution >= 4 is 0 Å². The van der Waals surface area contributed by atoms with Gasteiger partial charge in [0.1, 0.15) is 0 Å². The van der Waals surface area contributed by atoms with Crippen LogP contribution in [0.3, 0.4) is 0 Å². The van der Waals surface area contributed by atoms with Crippen LogP contribution in [0.2, 0.25) is 0 Å². The molecule has 0 rings (SSSR count). The first-order valence-corrected chi connectivity index (χ1v) is 7.49. The fourth-order valence-corrected chi connectivity index (χ4v) is 1.87. The molecular weight excluding hydrogens is 210 g/mol. The Kier molecular flexibility index (Phi) is 12.3. The first-order valence-electron chi connectivity index (χ1n) is 7.49. The number of ether oxygens (including phenoxy) is 1. The van der Waals surface area contributed by atoms with Crippen LogP contribution >= 0.6 is 0 Å². The lowest BCUT2D eigenvalue weighted by Crippen LogP contribution is -2.24. The van der Waals surface area contributed by atoms with Crippen molar-refractivity contribution in [3.05, 3.63) is 0 Å². The third-order valence-corrected chi connectivity index (χ3v) is 3.07. The van der Waals surface area contributed by atoms with Crippen LogP contribution in [0, 0.1) is 11.8 Å². The van der Waals surface area contributed by atoms with Gasteiger partial charge in [0.2, 0.25) is 0 Å². The van der Waals surface area contributed by atoms with Gasteiger partial charge < -0.3 is 10.1 Å². The van der Waals surface area contributed by atoms with E-state index >= 15 is 0 Å². The van der Waals surface area contributed by atoms with Gasteiger partial charge in [0, 0.05) is 13.2 Å². The van der Waals surface area contributed by atoms with E-state index in [1.165, 1.54) is 32.2 Å². The smallest absolute Gasteiger partial charge is 0.0489 e. The molecule has 0 aliphatic rings. The lowest BCUT2D eigenvalue weighted by molar-refractivity contribution is 0.107. The summed E-state index contributed by atoms with van der Waals surface area (Å²) in [6.07, 6.45) is 6.51. The van der Waals surface area contributed by atoms with Gasteiger partial charge in [0.15, 0.2) is 0 Å². The molecule has 1 N–H and O–H groups in total. The van der Waals surface area contributed by atoms with Gasteiger partial charge in [-0.25, -0.2) is 0 Å².